The normalized spacial score (nSPS) is 10.6. The third-order valence-electron chi connectivity index (χ3n) is 2.89. The second-order valence-electron chi connectivity index (χ2n) is 4.83. The molecule has 1 N–H and O–H groups in total. The first kappa shape index (κ1) is 19.7. The molecule has 2 aromatic rings. The van der Waals surface area contributed by atoms with Crippen LogP contribution in [0.15, 0.2) is 30.7 Å². The summed E-state index contributed by atoms with van der Waals surface area (Å²) in [5.74, 6) is 0.660. The average molecular weight is 540 g/mol. The van der Waals surface area contributed by atoms with E-state index in [4.69, 9.17) is 4.74 Å². The Bertz CT molecular complexity index is 767. The number of carbonyl (C=O) groups excluding carboxylic acids is 1. The third-order valence-corrected chi connectivity index (χ3v) is 5.71. The highest BCUT2D eigenvalue weighted by molar-refractivity contribution is 9.11. The quantitative estimate of drug-likeness (QED) is 0.422. The van der Waals surface area contributed by atoms with Gasteiger partial charge in [-0.1, -0.05) is 11.8 Å². The minimum Gasteiger partial charge on any atom is -0.494 e. The SMILES string of the molecule is COc1c(Br)cc(Br)c(NC(=O)CSc2nc(C)cc(C)n2)c1Br. The second kappa shape index (κ2) is 8.64. The summed E-state index contributed by atoms with van der Waals surface area (Å²) in [7, 11) is 1.57. The Kier molecular flexibility index (Phi) is 7.09. The molecule has 0 saturated carbocycles. The Hall–Kier alpha value is -0.640. The molecule has 0 bridgehead atoms. The van der Waals surface area contributed by atoms with Gasteiger partial charge in [0, 0.05) is 15.9 Å². The highest BCUT2D eigenvalue weighted by Crippen LogP contribution is 2.43. The number of hydrogen-bond donors (Lipinski definition) is 1. The number of amides is 1. The van der Waals surface area contributed by atoms with Crippen molar-refractivity contribution < 1.29 is 9.53 Å². The molecule has 0 aliphatic heterocycles. The lowest BCUT2D eigenvalue weighted by Gasteiger charge is -2.14. The number of nitrogens with zero attached hydrogens (tertiary/aromatic N) is 2. The van der Waals surface area contributed by atoms with E-state index < -0.39 is 0 Å². The lowest BCUT2D eigenvalue weighted by atomic mass is 10.3. The average Bonchev–Trinajstić information content (AvgIpc) is 2.49. The van der Waals surface area contributed by atoms with Gasteiger partial charge in [0.1, 0.15) is 5.75 Å². The molecule has 24 heavy (non-hydrogen) atoms. The van der Waals surface area contributed by atoms with Gasteiger partial charge in [-0.05, 0) is 73.8 Å². The monoisotopic (exact) mass is 537 g/mol. The molecule has 1 aromatic carbocycles. The van der Waals surface area contributed by atoms with E-state index in [1.54, 1.807) is 7.11 Å². The molecule has 128 valence electrons. The molecule has 0 saturated heterocycles. The number of anilines is 1. The van der Waals surface area contributed by atoms with E-state index >= 15 is 0 Å². The van der Waals surface area contributed by atoms with Crippen LogP contribution in [-0.4, -0.2) is 28.7 Å². The molecule has 5 nitrogen and oxygen atoms in total. The minimum absolute atomic E-state index is 0.159. The number of thioether (sulfide) groups is 1. The Morgan fingerprint density at radius 2 is 1.79 bits per heavy atom. The molecule has 1 amide bonds. The van der Waals surface area contributed by atoms with Crippen LogP contribution in [0.25, 0.3) is 0 Å². The largest absolute Gasteiger partial charge is 0.494 e. The number of halogens is 3. The number of hydrogen-bond acceptors (Lipinski definition) is 5. The maximum Gasteiger partial charge on any atom is 0.234 e. The molecular formula is C15H14Br3N3O2S. The van der Waals surface area contributed by atoms with E-state index in [0.717, 1.165) is 20.3 Å². The van der Waals surface area contributed by atoms with Gasteiger partial charge in [0.25, 0.3) is 0 Å². The number of ether oxygens (including phenoxy) is 1. The molecular weight excluding hydrogens is 526 g/mol. The van der Waals surface area contributed by atoms with Crippen LogP contribution in [0.4, 0.5) is 5.69 Å². The van der Waals surface area contributed by atoms with Crippen LogP contribution in [-0.2, 0) is 4.79 Å². The Balaban J connectivity index is 2.10. The van der Waals surface area contributed by atoms with Crippen molar-refractivity contribution in [3.05, 3.63) is 36.9 Å². The van der Waals surface area contributed by atoms with E-state index in [2.05, 4.69) is 63.1 Å². The van der Waals surface area contributed by atoms with Crippen molar-refractivity contribution in [2.45, 2.75) is 19.0 Å². The fourth-order valence-electron chi connectivity index (χ4n) is 1.94. The van der Waals surface area contributed by atoms with Gasteiger partial charge in [0.15, 0.2) is 5.16 Å². The molecule has 0 radical (unpaired) electrons. The summed E-state index contributed by atoms with van der Waals surface area (Å²) in [6.07, 6.45) is 0. The molecule has 0 spiro atoms. The van der Waals surface area contributed by atoms with Crippen LogP contribution in [0.3, 0.4) is 0 Å². The summed E-state index contributed by atoms with van der Waals surface area (Å²) < 4.78 is 7.49. The van der Waals surface area contributed by atoms with Gasteiger partial charge in [0.05, 0.1) is 27.5 Å². The Labute approximate surface area is 169 Å². The Morgan fingerprint density at radius 3 is 2.38 bits per heavy atom. The standard InChI is InChI=1S/C15H14Br3N3O2S/c1-7-4-8(2)20-15(19-7)24-6-11(22)21-13-9(16)5-10(17)14(23-3)12(13)18/h4-5H,6H2,1-3H3,(H,21,22). The van der Waals surface area contributed by atoms with Crippen LogP contribution in [0.2, 0.25) is 0 Å². The van der Waals surface area contributed by atoms with Crippen LogP contribution in [0.5, 0.6) is 5.75 Å². The fraction of sp³-hybridized carbons (Fsp3) is 0.267. The summed E-state index contributed by atoms with van der Waals surface area (Å²) >= 11 is 11.6. The van der Waals surface area contributed by atoms with Crippen molar-refractivity contribution in [2.24, 2.45) is 0 Å². The van der Waals surface area contributed by atoms with Crippen LogP contribution in [0, 0.1) is 13.8 Å². The highest BCUT2D eigenvalue weighted by atomic mass is 79.9. The van der Waals surface area contributed by atoms with Crippen LogP contribution in [0.1, 0.15) is 11.4 Å². The molecule has 1 heterocycles. The zero-order valence-electron chi connectivity index (χ0n) is 13.1. The van der Waals surface area contributed by atoms with Gasteiger partial charge in [-0.25, -0.2) is 9.97 Å². The van der Waals surface area contributed by atoms with Gasteiger partial charge in [0.2, 0.25) is 5.91 Å². The highest BCUT2D eigenvalue weighted by Gasteiger charge is 2.17. The molecule has 0 aliphatic carbocycles. The molecule has 9 heteroatoms. The van der Waals surface area contributed by atoms with Crippen molar-refractivity contribution in [3.8, 4) is 5.75 Å². The first-order valence-electron chi connectivity index (χ1n) is 6.78. The molecule has 0 fully saturated rings. The zero-order valence-corrected chi connectivity index (χ0v) is 18.7. The van der Waals surface area contributed by atoms with E-state index in [1.807, 2.05) is 26.0 Å². The lowest BCUT2D eigenvalue weighted by molar-refractivity contribution is -0.113. The van der Waals surface area contributed by atoms with Crippen molar-refractivity contribution in [3.63, 3.8) is 0 Å². The predicted octanol–water partition coefficient (Wildman–Crippen LogP) is 5.12. The van der Waals surface area contributed by atoms with Gasteiger partial charge in [-0.3, -0.25) is 4.79 Å². The first-order valence-corrected chi connectivity index (χ1v) is 10.1. The minimum atomic E-state index is -0.159. The molecule has 1 aromatic heterocycles. The summed E-state index contributed by atoms with van der Waals surface area (Å²) in [5, 5.41) is 3.46. The Morgan fingerprint density at radius 1 is 1.17 bits per heavy atom. The van der Waals surface area contributed by atoms with Crippen molar-refractivity contribution in [1.82, 2.24) is 9.97 Å². The fourth-order valence-corrected chi connectivity index (χ4v) is 5.33. The van der Waals surface area contributed by atoms with Crippen molar-refractivity contribution in [2.75, 3.05) is 18.2 Å². The van der Waals surface area contributed by atoms with E-state index in [0.29, 0.717) is 21.1 Å². The molecule has 0 unspecified atom stereocenters. The second-order valence-corrected chi connectivity index (χ2v) is 8.28. The molecule has 2 rings (SSSR count). The maximum atomic E-state index is 12.3. The first-order chi connectivity index (χ1) is 11.3. The number of methoxy groups -OCH3 is 1. The smallest absolute Gasteiger partial charge is 0.234 e. The number of rotatable bonds is 5. The van der Waals surface area contributed by atoms with Crippen molar-refractivity contribution >= 4 is 71.1 Å². The summed E-state index contributed by atoms with van der Waals surface area (Å²) in [4.78, 5) is 20.9. The van der Waals surface area contributed by atoms with Crippen molar-refractivity contribution in [1.29, 1.82) is 0 Å². The number of carbonyl (C=O) groups is 1. The van der Waals surface area contributed by atoms with E-state index in [9.17, 15) is 4.79 Å². The van der Waals surface area contributed by atoms with Gasteiger partial charge < -0.3 is 10.1 Å². The van der Waals surface area contributed by atoms with Gasteiger partial charge >= 0.3 is 0 Å². The number of nitrogens with one attached hydrogen (secondary N) is 1. The van der Waals surface area contributed by atoms with Crippen LogP contribution < -0.4 is 10.1 Å². The number of benzene rings is 1. The molecule has 0 aliphatic rings. The zero-order chi connectivity index (χ0) is 17.9. The third kappa shape index (κ3) is 4.93. The lowest BCUT2D eigenvalue weighted by Crippen LogP contribution is -2.15. The topological polar surface area (TPSA) is 64.1 Å². The maximum absolute atomic E-state index is 12.3. The van der Waals surface area contributed by atoms with Gasteiger partial charge in [-0.2, -0.15) is 0 Å². The van der Waals surface area contributed by atoms with E-state index in [-0.39, 0.29) is 11.7 Å². The van der Waals surface area contributed by atoms with Crippen LogP contribution >= 0.6 is 59.6 Å². The summed E-state index contributed by atoms with van der Waals surface area (Å²) in [5.41, 5.74) is 2.38. The summed E-state index contributed by atoms with van der Waals surface area (Å²) in [6.45, 7) is 3.81. The molecule has 0 atom stereocenters. The summed E-state index contributed by atoms with van der Waals surface area (Å²) in [6, 6.07) is 3.71. The van der Waals surface area contributed by atoms with Gasteiger partial charge in [-0.15, -0.1) is 0 Å². The number of aromatic nitrogens is 2. The number of aryl methyl sites for hydroxylation is 2. The van der Waals surface area contributed by atoms with E-state index in [1.165, 1.54) is 11.8 Å². The predicted molar refractivity (Wildman–Crippen MR) is 107 cm³/mol.